The van der Waals surface area contributed by atoms with Gasteiger partial charge in [-0.05, 0) is 43.2 Å². The van der Waals surface area contributed by atoms with E-state index >= 15 is 0 Å². The van der Waals surface area contributed by atoms with E-state index < -0.39 is 0 Å². The van der Waals surface area contributed by atoms with Crippen LogP contribution >= 0.6 is 0 Å². The van der Waals surface area contributed by atoms with Crippen molar-refractivity contribution >= 4 is 11.7 Å². The van der Waals surface area contributed by atoms with Crippen LogP contribution in [-0.2, 0) is 9.53 Å². The summed E-state index contributed by atoms with van der Waals surface area (Å²) in [5, 5.41) is 0. The summed E-state index contributed by atoms with van der Waals surface area (Å²) in [7, 11) is 0. The molecule has 2 N–H and O–H groups in total. The number of hydrogen-bond acceptors (Lipinski definition) is 3. The molecular weight excluding hydrogens is 274 g/mol. The van der Waals surface area contributed by atoms with Crippen molar-refractivity contribution in [3.8, 4) is 0 Å². The molecule has 1 aliphatic rings. The van der Waals surface area contributed by atoms with Crippen molar-refractivity contribution in [1.29, 1.82) is 0 Å². The van der Waals surface area contributed by atoms with E-state index in [0.29, 0.717) is 24.9 Å². The molecule has 0 bridgehead atoms. The highest BCUT2D eigenvalue weighted by molar-refractivity contribution is 5.69. The Balaban J connectivity index is 0.000000224. The molecule has 0 atom stereocenters. The first-order chi connectivity index (χ1) is 10.5. The Kier molecular flexibility index (Phi) is 8.64. The molecule has 1 aromatic carbocycles. The second-order valence-corrected chi connectivity index (χ2v) is 6.30. The van der Waals surface area contributed by atoms with Crippen molar-refractivity contribution in [2.45, 2.75) is 65.2 Å². The van der Waals surface area contributed by atoms with Gasteiger partial charge in [0.25, 0.3) is 0 Å². The number of carbonyl (C=O) groups is 1. The summed E-state index contributed by atoms with van der Waals surface area (Å²) in [6, 6.07) is 7.99. The molecule has 3 heteroatoms. The summed E-state index contributed by atoms with van der Waals surface area (Å²) in [5.74, 6) is 1.13. The van der Waals surface area contributed by atoms with Gasteiger partial charge in [0.15, 0.2) is 0 Å². The van der Waals surface area contributed by atoms with Gasteiger partial charge in [-0.2, -0.15) is 0 Å². The van der Waals surface area contributed by atoms with E-state index in [-0.39, 0.29) is 5.97 Å². The van der Waals surface area contributed by atoms with E-state index in [0.717, 1.165) is 5.69 Å². The molecule has 0 saturated heterocycles. The number of para-hydroxylation sites is 1. The number of benzene rings is 1. The van der Waals surface area contributed by atoms with Crippen molar-refractivity contribution in [1.82, 2.24) is 0 Å². The van der Waals surface area contributed by atoms with Gasteiger partial charge in [0.05, 0.1) is 6.61 Å². The lowest BCUT2D eigenvalue weighted by molar-refractivity contribution is -0.144. The molecule has 22 heavy (non-hydrogen) atoms. The standard InChI is InChI=1S/C10H18O2.C9H13N/c1-2-12-10(11)8-9-6-4-3-5-7-9;1-7(2)8-5-3-4-6-9(8)10/h9H,2-8H2,1H3;3-7H,10H2,1-2H3. The molecule has 1 aliphatic carbocycles. The average Bonchev–Trinajstić information content (AvgIpc) is 2.49. The quantitative estimate of drug-likeness (QED) is 0.635. The number of ether oxygens (including phenoxy) is 1. The Bertz CT molecular complexity index is 437. The number of esters is 1. The fraction of sp³-hybridized carbons (Fsp3) is 0.632. The largest absolute Gasteiger partial charge is 0.466 e. The molecular formula is C19H31NO2. The van der Waals surface area contributed by atoms with E-state index in [2.05, 4.69) is 19.9 Å². The molecule has 1 fully saturated rings. The number of carbonyl (C=O) groups excluding carboxylic acids is 1. The van der Waals surface area contributed by atoms with E-state index in [9.17, 15) is 4.79 Å². The third-order valence-corrected chi connectivity index (χ3v) is 4.10. The number of hydrogen-bond donors (Lipinski definition) is 1. The van der Waals surface area contributed by atoms with Gasteiger partial charge in [0, 0.05) is 12.1 Å². The monoisotopic (exact) mass is 305 g/mol. The minimum atomic E-state index is -0.00981. The van der Waals surface area contributed by atoms with Crippen LogP contribution in [-0.4, -0.2) is 12.6 Å². The Morgan fingerprint density at radius 3 is 2.36 bits per heavy atom. The number of anilines is 1. The SMILES string of the molecule is CC(C)c1ccccc1N.CCOC(=O)CC1CCCCC1. The van der Waals surface area contributed by atoms with Gasteiger partial charge in [-0.3, -0.25) is 4.79 Å². The van der Waals surface area contributed by atoms with Gasteiger partial charge in [-0.1, -0.05) is 51.3 Å². The van der Waals surface area contributed by atoms with Gasteiger partial charge in [-0.25, -0.2) is 0 Å². The first kappa shape index (κ1) is 18.5. The van der Waals surface area contributed by atoms with Crippen molar-refractivity contribution in [2.75, 3.05) is 12.3 Å². The smallest absolute Gasteiger partial charge is 0.306 e. The maximum absolute atomic E-state index is 11.1. The van der Waals surface area contributed by atoms with Crippen molar-refractivity contribution in [3.05, 3.63) is 29.8 Å². The second-order valence-electron chi connectivity index (χ2n) is 6.30. The molecule has 0 aromatic heterocycles. The molecule has 124 valence electrons. The zero-order valence-corrected chi connectivity index (χ0v) is 14.3. The van der Waals surface area contributed by atoms with E-state index in [4.69, 9.17) is 10.5 Å². The van der Waals surface area contributed by atoms with Crippen LogP contribution in [0.25, 0.3) is 0 Å². The summed E-state index contributed by atoms with van der Waals surface area (Å²) >= 11 is 0. The second kappa shape index (κ2) is 10.3. The first-order valence-corrected chi connectivity index (χ1v) is 8.54. The summed E-state index contributed by atoms with van der Waals surface area (Å²) < 4.78 is 4.91. The van der Waals surface area contributed by atoms with Gasteiger partial charge in [0.2, 0.25) is 0 Å². The van der Waals surface area contributed by atoms with Crippen LogP contribution < -0.4 is 5.73 Å². The van der Waals surface area contributed by atoms with Crippen molar-refractivity contribution in [2.24, 2.45) is 5.92 Å². The first-order valence-electron chi connectivity index (χ1n) is 8.54. The molecule has 0 aliphatic heterocycles. The maximum atomic E-state index is 11.1. The van der Waals surface area contributed by atoms with Crippen LogP contribution in [0, 0.1) is 5.92 Å². The fourth-order valence-corrected chi connectivity index (χ4v) is 2.88. The van der Waals surface area contributed by atoms with Crippen LogP contribution in [0.3, 0.4) is 0 Å². The van der Waals surface area contributed by atoms with Crippen LogP contribution in [0.1, 0.15) is 70.8 Å². The third kappa shape index (κ3) is 6.97. The van der Waals surface area contributed by atoms with Crippen LogP contribution in [0.4, 0.5) is 5.69 Å². The predicted octanol–water partition coefficient (Wildman–Crippen LogP) is 4.91. The van der Waals surface area contributed by atoms with Gasteiger partial charge < -0.3 is 10.5 Å². The molecule has 0 radical (unpaired) electrons. The van der Waals surface area contributed by atoms with E-state index in [1.54, 1.807) is 0 Å². The van der Waals surface area contributed by atoms with E-state index in [1.807, 2.05) is 25.1 Å². The Hall–Kier alpha value is -1.51. The summed E-state index contributed by atoms with van der Waals surface area (Å²) in [5.41, 5.74) is 7.86. The minimum absolute atomic E-state index is 0.00981. The van der Waals surface area contributed by atoms with Crippen LogP contribution in [0.15, 0.2) is 24.3 Å². The highest BCUT2D eigenvalue weighted by Gasteiger charge is 2.17. The summed E-state index contributed by atoms with van der Waals surface area (Å²) in [4.78, 5) is 11.1. The zero-order chi connectivity index (χ0) is 16.4. The molecule has 1 aromatic rings. The molecule has 2 rings (SSSR count). The van der Waals surface area contributed by atoms with Gasteiger partial charge >= 0.3 is 5.97 Å². The lowest BCUT2D eigenvalue weighted by atomic mass is 9.87. The van der Waals surface area contributed by atoms with Crippen LogP contribution in [0.2, 0.25) is 0 Å². The van der Waals surface area contributed by atoms with Crippen molar-refractivity contribution in [3.63, 3.8) is 0 Å². The topological polar surface area (TPSA) is 52.3 Å². The lowest BCUT2D eigenvalue weighted by Crippen LogP contribution is -2.14. The Labute approximate surface area is 135 Å². The summed E-state index contributed by atoms with van der Waals surface area (Å²) in [6.07, 6.45) is 7.03. The number of nitrogen functional groups attached to an aromatic ring is 1. The fourth-order valence-electron chi connectivity index (χ4n) is 2.88. The maximum Gasteiger partial charge on any atom is 0.306 e. The minimum Gasteiger partial charge on any atom is -0.466 e. The molecule has 0 heterocycles. The highest BCUT2D eigenvalue weighted by Crippen LogP contribution is 2.26. The Morgan fingerprint density at radius 1 is 1.23 bits per heavy atom. The Morgan fingerprint density at radius 2 is 1.86 bits per heavy atom. The number of rotatable bonds is 4. The average molecular weight is 305 g/mol. The van der Waals surface area contributed by atoms with Gasteiger partial charge in [0.1, 0.15) is 0 Å². The highest BCUT2D eigenvalue weighted by atomic mass is 16.5. The zero-order valence-electron chi connectivity index (χ0n) is 14.3. The normalized spacial score (nSPS) is 15.1. The van der Waals surface area contributed by atoms with E-state index in [1.165, 1.54) is 37.7 Å². The predicted molar refractivity (Wildman–Crippen MR) is 92.8 cm³/mol. The van der Waals surface area contributed by atoms with Gasteiger partial charge in [-0.15, -0.1) is 0 Å². The van der Waals surface area contributed by atoms with Crippen molar-refractivity contribution < 1.29 is 9.53 Å². The number of nitrogens with two attached hydrogens (primary N) is 1. The molecule has 0 spiro atoms. The molecule has 3 nitrogen and oxygen atoms in total. The molecule has 1 saturated carbocycles. The summed E-state index contributed by atoms with van der Waals surface area (Å²) in [6.45, 7) is 6.67. The van der Waals surface area contributed by atoms with Crippen LogP contribution in [0.5, 0.6) is 0 Å². The molecule has 0 unspecified atom stereocenters. The third-order valence-electron chi connectivity index (χ3n) is 4.10. The molecule has 0 amide bonds. The lowest BCUT2D eigenvalue weighted by Gasteiger charge is -2.20.